The molecule has 1 aromatic heterocycles. The smallest absolute Gasteiger partial charge is 0.123 e. The number of aromatic nitrogens is 2. The summed E-state index contributed by atoms with van der Waals surface area (Å²) in [5.74, 6) is -0.211. The highest BCUT2D eigenvalue weighted by Gasteiger charge is 2.12. The third-order valence-corrected chi connectivity index (χ3v) is 2.82. The summed E-state index contributed by atoms with van der Waals surface area (Å²) in [6, 6.07) is 6.79. The van der Waals surface area contributed by atoms with Crippen molar-refractivity contribution in [2.75, 3.05) is 6.54 Å². The average Bonchev–Trinajstić information content (AvgIpc) is 2.85. The summed E-state index contributed by atoms with van der Waals surface area (Å²) in [7, 11) is 0. The Kier molecular flexibility index (Phi) is 3.88. The number of imidazole rings is 1. The molecule has 0 radical (unpaired) electrons. The predicted molar refractivity (Wildman–Crippen MR) is 65.1 cm³/mol. The lowest BCUT2D eigenvalue weighted by molar-refractivity contribution is 0.521. The largest absolute Gasteiger partial charge is 0.330 e. The molecular formula is C13H16FN3. The molecule has 1 aromatic carbocycles. The second kappa shape index (κ2) is 5.59. The molecule has 0 aliphatic rings. The lowest BCUT2D eigenvalue weighted by Crippen LogP contribution is -2.11. The molecule has 2 N–H and O–H groups in total. The Morgan fingerprint density at radius 2 is 2.06 bits per heavy atom. The lowest BCUT2D eigenvalue weighted by atomic mass is 10.0. The molecule has 90 valence electrons. The molecule has 1 atom stereocenters. The van der Waals surface area contributed by atoms with Gasteiger partial charge in [-0.1, -0.05) is 12.1 Å². The number of hydrogen-bond donors (Lipinski definition) is 1. The first-order chi connectivity index (χ1) is 8.31. The molecule has 0 fully saturated rings. The molecule has 0 bridgehead atoms. The SMILES string of the molecule is NCCCC(c1ccc(F)cc1)n1ccnc1. The van der Waals surface area contributed by atoms with Gasteiger partial charge in [-0.3, -0.25) is 0 Å². The van der Waals surface area contributed by atoms with Crippen LogP contribution in [0, 0.1) is 5.82 Å². The lowest BCUT2D eigenvalue weighted by Gasteiger charge is -2.18. The van der Waals surface area contributed by atoms with E-state index in [0.29, 0.717) is 6.54 Å². The van der Waals surface area contributed by atoms with E-state index in [1.54, 1.807) is 12.5 Å². The van der Waals surface area contributed by atoms with Crippen LogP contribution in [-0.4, -0.2) is 16.1 Å². The van der Waals surface area contributed by atoms with Gasteiger partial charge in [-0.15, -0.1) is 0 Å². The number of halogens is 1. The van der Waals surface area contributed by atoms with Crippen LogP contribution in [0.5, 0.6) is 0 Å². The first-order valence-electron chi connectivity index (χ1n) is 5.74. The maximum atomic E-state index is 12.9. The van der Waals surface area contributed by atoms with Gasteiger partial charge in [0.2, 0.25) is 0 Å². The van der Waals surface area contributed by atoms with Gasteiger partial charge in [0, 0.05) is 12.4 Å². The van der Waals surface area contributed by atoms with Crippen LogP contribution in [0.15, 0.2) is 43.0 Å². The van der Waals surface area contributed by atoms with Gasteiger partial charge in [0.15, 0.2) is 0 Å². The van der Waals surface area contributed by atoms with Crippen molar-refractivity contribution in [3.63, 3.8) is 0 Å². The summed E-state index contributed by atoms with van der Waals surface area (Å²) in [5, 5.41) is 0. The van der Waals surface area contributed by atoms with E-state index in [1.165, 1.54) is 12.1 Å². The molecule has 0 aliphatic carbocycles. The molecule has 17 heavy (non-hydrogen) atoms. The van der Waals surface area contributed by atoms with E-state index in [9.17, 15) is 4.39 Å². The molecule has 0 saturated heterocycles. The highest BCUT2D eigenvalue weighted by Crippen LogP contribution is 2.23. The van der Waals surface area contributed by atoms with Gasteiger partial charge in [0.25, 0.3) is 0 Å². The molecule has 1 heterocycles. The monoisotopic (exact) mass is 233 g/mol. The van der Waals surface area contributed by atoms with Crippen LogP contribution in [0.2, 0.25) is 0 Å². The van der Waals surface area contributed by atoms with E-state index >= 15 is 0 Å². The molecule has 2 aromatic rings. The van der Waals surface area contributed by atoms with Crippen molar-refractivity contribution in [1.82, 2.24) is 9.55 Å². The summed E-state index contributed by atoms with van der Waals surface area (Å²) >= 11 is 0. The topological polar surface area (TPSA) is 43.8 Å². The number of hydrogen-bond acceptors (Lipinski definition) is 2. The predicted octanol–water partition coefficient (Wildman–Crippen LogP) is 2.35. The van der Waals surface area contributed by atoms with Crippen LogP contribution in [-0.2, 0) is 0 Å². The van der Waals surface area contributed by atoms with E-state index in [2.05, 4.69) is 4.98 Å². The number of nitrogens with zero attached hydrogens (tertiary/aromatic N) is 2. The average molecular weight is 233 g/mol. The Hall–Kier alpha value is -1.68. The number of rotatable bonds is 5. The first-order valence-corrected chi connectivity index (χ1v) is 5.74. The van der Waals surface area contributed by atoms with Gasteiger partial charge in [-0.2, -0.15) is 0 Å². The van der Waals surface area contributed by atoms with Crippen molar-refractivity contribution < 1.29 is 4.39 Å². The second-order valence-electron chi connectivity index (χ2n) is 4.01. The Morgan fingerprint density at radius 1 is 1.29 bits per heavy atom. The van der Waals surface area contributed by atoms with Gasteiger partial charge in [0.05, 0.1) is 12.4 Å². The van der Waals surface area contributed by atoms with Crippen LogP contribution in [0.1, 0.15) is 24.4 Å². The fourth-order valence-corrected chi connectivity index (χ4v) is 1.94. The Balaban J connectivity index is 2.23. The van der Waals surface area contributed by atoms with Crippen molar-refractivity contribution in [2.45, 2.75) is 18.9 Å². The molecular weight excluding hydrogens is 217 g/mol. The quantitative estimate of drug-likeness (QED) is 0.861. The Morgan fingerprint density at radius 3 is 2.65 bits per heavy atom. The van der Waals surface area contributed by atoms with E-state index in [1.807, 2.05) is 22.9 Å². The summed E-state index contributed by atoms with van der Waals surface area (Å²) in [4.78, 5) is 4.05. The molecule has 1 unspecified atom stereocenters. The fourth-order valence-electron chi connectivity index (χ4n) is 1.94. The maximum absolute atomic E-state index is 12.9. The Labute approximate surface area is 100 Å². The molecule has 3 nitrogen and oxygen atoms in total. The van der Waals surface area contributed by atoms with Gasteiger partial charge in [-0.05, 0) is 37.1 Å². The molecule has 0 aliphatic heterocycles. The van der Waals surface area contributed by atoms with Crippen LogP contribution in [0.3, 0.4) is 0 Å². The van der Waals surface area contributed by atoms with Crippen LogP contribution in [0.4, 0.5) is 4.39 Å². The van der Waals surface area contributed by atoms with Crippen LogP contribution >= 0.6 is 0 Å². The Bertz CT molecular complexity index is 436. The molecule has 0 spiro atoms. The van der Waals surface area contributed by atoms with Crippen molar-refractivity contribution in [3.05, 3.63) is 54.4 Å². The van der Waals surface area contributed by atoms with E-state index in [0.717, 1.165) is 18.4 Å². The zero-order valence-electron chi connectivity index (χ0n) is 9.59. The molecule has 0 amide bonds. The zero-order chi connectivity index (χ0) is 12.1. The van der Waals surface area contributed by atoms with Crippen LogP contribution in [0.25, 0.3) is 0 Å². The van der Waals surface area contributed by atoms with E-state index in [4.69, 9.17) is 5.73 Å². The fraction of sp³-hybridized carbons (Fsp3) is 0.308. The van der Waals surface area contributed by atoms with E-state index in [-0.39, 0.29) is 11.9 Å². The summed E-state index contributed by atoms with van der Waals surface area (Å²) < 4.78 is 14.9. The molecule has 4 heteroatoms. The summed E-state index contributed by atoms with van der Waals surface area (Å²) in [5.41, 5.74) is 6.63. The van der Waals surface area contributed by atoms with Gasteiger partial charge in [0.1, 0.15) is 5.82 Å². The summed E-state index contributed by atoms with van der Waals surface area (Å²) in [6.07, 6.45) is 7.31. The maximum Gasteiger partial charge on any atom is 0.123 e. The van der Waals surface area contributed by atoms with Crippen molar-refractivity contribution in [1.29, 1.82) is 0 Å². The minimum atomic E-state index is -0.211. The number of nitrogens with two attached hydrogens (primary N) is 1. The van der Waals surface area contributed by atoms with Gasteiger partial charge >= 0.3 is 0 Å². The first kappa shape index (κ1) is 11.8. The van der Waals surface area contributed by atoms with Crippen LogP contribution < -0.4 is 5.73 Å². The summed E-state index contributed by atoms with van der Waals surface area (Å²) in [6.45, 7) is 0.659. The van der Waals surface area contributed by atoms with Gasteiger partial charge < -0.3 is 10.3 Å². The third-order valence-electron chi connectivity index (χ3n) is 2.82. The van der Waals surface area contributed by atoms with Crippen molar-refractivity contribution in [2.24, 2.45) is 5.73 Å². The minimum absolute atomic E-state index is 0.182. The minimum Gasteiger partial charge on any atom is -0.330 e. The normalized spacial score (nSPS) is 12.6. The third kappa shape index (κ3) is 2.91. The van der Waals surface area contributed by atoms with E-state index < -0.39 is 0 Å². The second-order valence-corrected chi connectivity index (χ2v) is 4.01. The molecule has 2 rings (SSSR count). The highest BCUT2D eigenvalue weighted by atomic mass is 19.1. The number of benzene rings is 1. The van der Waals surface area contributed by atoms with Gasteiger partial charge in [-0.25, -0.2) is 9.37 Å². The van der Waals surface area contributed by atoms with Crippen molar-refractivity contribution in [3.8, 4) is 0 Å². The highest BCUT2D eigenvalue weighted by molar-refractivity contribution is 5.20. The zero-order valence-corrected chi connectivity index (χ0v) is 9.59. The van der Waals surface area contributed by atoms with Crippen molar-refractivity contribution >= 4 is 0 Å². The molecule has 0 saturated carbocycles. The standard InChI is InChI=1S/C13H16FN3/c14-12-5-3-11(4-6-12)13(2-1-7-15)17-9-8-16-10-17/h3-6,8-10,13H,1-2,7,15H2.